The summed E-state index contributed by atoms with van der Waals surface area (Å²) in [7, 11) is 0. The van der Waals surface area contributed by atoms with Crippen LogP contribution in [0.5, 0.6) is 0 Å². The van der Waals surface area contributed by atoms with E-state index in [1.807, 2.05) is 6.92 Å². The van der Waals surface area contributed by atoms with Gasteiger partial charge in [0.25, 0.3) is 5.91 Å². The number of carbonyl (C=O) groups excluding carboxylic acids is 2. The van der Waals surface area contributed by atoms with Crippen molar-refractivity contribution in [2.45, 2.75) is 25.8 Å². The smallest absolute Gasteiger partial charge is 0.275 e. The average molecular weight is 265 g/mol. The molecule has 0 saturated carbocycles. The highest BCUT2D eigenvalue weighted by atomic mass is 16.2. The maximum absolute atomic E-state index is 12.4. The van der Waals surface area contributed by atoms with E-state index in [1.54, 1.807) is 11.0 Å². The van der Waals surface area contributed by atoms with Crippen LogP contribution in [0.1, 0.15) is 29.0 Å². The molecule has 1 aromatic heterocycles. The Hall–Kier alpha value is -1.89. The summed E-state index contributed by atoms with van der Waals surface area (Å²) in [5.41, 5.74) is 6.39. The van der Waals surface area contributed by atoms with E-state index in [9.17, 15) is 9.59 Å². The summed E-state index contributed by atoms with van der Waals surface area (Å²) in [6.45, 7) is 3.45. The van der Waals surface area contributed by atoms with Crippen molar-refractivity contribution in [3.05, 3.63) is 17.5 Å². The fourth-order valence-electron chi connectivity index (χ4n) is 2.33. The second kappa shape index (κ2) is 5.83. The van der Waals surface area contributed by atoms with Crippen molar-refractivity contribution in [2.24, 2.45) is 5.73 Å². The van der Waals surface area contributed by atoms with Crippen LogP contribution < -0.4 is 11.1 Å². The predicted molar refractivity (Wildman–Crippen MR) is 69.4 cm³/mol. The highest BCUT2D eigenvalue weighted by Gasteiger charge is 2.28. The van der Waals surface area contributed by atoms with E-state index in [0.29, 0.717) is 5.69 Å². The van der Waals surface area contributed by atoms with Gasteiger partial charge in [0.2, 0.25) is 5.91 Å². The zero-order valence-electron chi connectivity index (χ0n) is 11.0. The number of nitrogens with zero attached hydrogens (tertiary/aromatic N) is 2. The first-order valence-corrected chi connectivity index (χ1v) is 6.40. The molecule has 4 N–H and O–H groups in total. The number of hydrogen-bond donors (Lipinski definition) is 3. The maximum atomic E-state index is 12.4. The molecular formula is C12H19N5O2. The van der Waals surface area contributed by atoms with Crippen molar-refractivity contribution >= 4 is 11.8 Å². The lowest BCUT2D eigenvalue weighted by Gasteiger charge is -2.33. The normalized spacial score (nSPS) is 16.3. The van der Waals surface area contributed by atoms with E-state index in [0.717, 1.165) is 31.6 Å². The highest BCUT2D eigenvalue weighted by molar-refractivity contribution is 5.95. The number of aromatic amines is 1. The predicted octanol–water partition coefficient (Wildman–Crippen LogP) is -0.602. The van der Waals surface area contributed by atoms with Crippen LogP contribution in [-0.2, 0) is 4.79 Å². The molecule has 1 aromatic rings. The number of primary amides is 1. The molecule has 2 rings (SSSR count). The molecule has 2 amide bonds. The summed E-state index contributed by atoms with van der Waals surface area (Å²) in [5, 5.41) is 9.92. The Kier molecular flexibility index (Phi) is 4.16. The minimum atomic E-state index is -0.501. The molecule has 1 fully saturated rings. The Balaban J connectivity index is 2.16. The number of hydrogen-bond acceptors (Lipinski definition) is 4. The van der Waals surface area contributed by atoms with Crippen LogP contribution >= 0.6 is 0 Å². The molecule has 1 aliphatic rings. The first-order valence-electron chi connectivity index (χ1n) is 6.40. The number of nitrogens with two attached hydrogens (primary N) is 1. The van der Waals surface area contributed by atoms with E-state index in [-0.39, 0.29) is 18.5 Å². The van der Waals surface area contributed by atoms with Gasteiger partial charge in [-0.25, -0.2) is 0 Å². The standard InChI is InChI=1S/C12H19N5O2/c1-8-6-10(16-15-8)12(19)17(7-11(13)18)9-2-4-14-5-3-9/h6,9,14H,2-5,7H2,1H3,(H2,13,18)(H,15,16). The molecule has 1 saturated heterocycles. The van der Waals surface area contributed by atoms with Gasteiger partial charge in [0, 0.05) is 11.7 Å². The van der Waals surface area contributed by atoms with Crippen LogP contribution in [0.3, 0.4) is 0 Å². The van der Waals surface area contributed by atoms with E-state index < -0.39 is 5.91 Å². The molecule has 0 bridgehead atoms. The largest absolute Gasteiger partial charge is 0.368 e. The zero-order chi connectivity index (χ0) is 13.8. The second-order valence-electron chi connectivity index (χ2n) is 4.82. The third-order valence-electron chi connectivity index (χ3n) is 3.26. The Labute approximate surface area is 111 Å². The molecule has 1 aliphatic heterocycles. The number of rotatable bonds is 4. The molecule has 0 aromatic carbocycles. The molecule has 0 aliphatic carbocycles. The number of aromatic nitrogens is 2. The fourth-order valence-corrected chi connectivity index (χ4v) is 2.33. The van der Waals surface area contributed by atoms with Crippen molar-refractivity contribution in [3.63, 3.8) is 0 Å². The topological polar surface area (TPSA) is 104 Å². The molecule has 19 heavy (non-hydrogen) atoms. The Morgan fingerprint density at radius 3 is 2.68 bits per heavy atom. The lowest BCUT2D eigenvalue weighted by atomic mass is 10.0. The van der Waals surface area contributed by atoms with E-state index in [1.165, 1.54) is 0 Å². The molecule has 7 heteroatoms. The lowest BCUT2D eigenvalue weighted by Crippen LogP contribution is -2.49. The SMILES string of the molecule is Cc1cc(C(=O)N(CC(N)=O)C2CCNCC2)n[nH]1. The van der Waals surface area contributed by atoms with Gasteiger partial charge in [0.05, 0.1) is 6.54 Å². The van der Waals surface area contributed by atoms with Gasteiger partial charge in [-0.05, 0) is 38.9 Å². The van der Waals surface area contributed by atoms with Gasteiger partial charge in [-0.15, -0.1) is 0 Å². The molecule has 0 atom stereocenters. The van der Waals surface area contributed by atoms with Gasteiger partial charge < -0.3 is 16.0 Å². The number of nitrogens with one attached hydrogen (secondary N) is 2. The number of H-pyrrole nitrogens is 1. The molecule has 104 valence electrons. The Bertz CT molecular complexity index is 464. The maximum Gasteiger partial charge on any atom is 0.275 e. The van der Waals surface area contributed by atoms with Gasteiger partial charge in [0.1, 0.15) is 5.69 Å². The first kappa shape index (κ1) is 13.5. The summed E-state index contributed by atoms with van der Waals surface area (Å²) >= 11 is 0. The van der Waals surface area contributed by atoms with E-state index >= 15 is 0 Å². The average Bonchev–Trinajstić information content (AvgIpc) is 2.83. The summed E-state index contributed by atoms with van der Waals surface area (Å²) < 4.78 is 0. The Morgan fingerprint density at radius 1 is 1.47 bits per heavy atom. The quantitative estimate of drug-likeness (QED) is 0.676. The van der Waals surface area contributed by atoms with Crippen LogP contribution in [0.25, 0.3) is 0 Å². The minimum Gasteiger partial charge on any atom is -0.368 e. The molecule has 0 radical (unpaired) electrons. The van der Waals surface area contributed by atoms with Crippen molar-refractivity contribution in [2.75, 3.05) is 19.6 Å². The van der Waals surface area contributed by atoms with E-state index in [4.69, 9.17) is 5.73 Å². The van der Waals surface area contributed by atoms with Gasteiger partial charge in [-0.3, -0.25) is 14.7 Å². The monoisotopic (exact) mass is 265 g/mol. The van der Waals surface area contributed by atoms with Crippen LogP contribution in [0.2, 0.25) is 0 Å². The minimum absolute atomic E-state index is 0.0401. The summed E-state index contributed by atoms with van der Waals surface area (Å²) in [4.78, 5) is 25.1. The van der Waals surface area contributed by atoms with Crippen molar-refractivity contribution in [3.8, 4) is 0 Å². The zero-order valence-corrected chi connectivity index (χ0v) is 11.0. The molecule has 0 spiro atoms. The molecular weight excluding hydrogens is 246 g/mol. The molecule has 7 nitrogen and oxygen atoms in total. The fraction of sp³-hybridized carbons (Fsp3) is 0.583. The van der Waals surface area contributed by atoms with Crippen LogP contribution in [0.15, 0.2) is 6.07 Å². The van der Waals surface area contributed by atoms with Crippen LogP contribution in [-0.4, -0.2) is 52.6 Å². The summed E-state index contributed by atoms with van der Waals surface area (Å²) in [5.74, 6) is -0.741. The first-order chi connectivity index (χ1) is 9.08. The van der Waals surface area contributed by atoms with Crippen molar-refractivity contribution < 1.29 is 9.59 Å². The van der Waals surface area contributed by atoms with Gasteiger partial charge in [-0.2, -0.15) is 5.10 Å². The third kappa shape index (κ3) is 3.31. The second-order valence-corrected chi connectivity index (χ2v) is 4.82. The Morgan fingerprint density at radius 2 is 2.16 bits per heavy atom. The van der Waals surface area contributed by atoms with Crippen molar-refractivity contribution in [1.82, 2.24) is 20.4 Å². The lowest BCUT2D eigenvalue weighted by molar-refractivity contribution is -0.119. The van der Waals surface area contributed by atoms with Crippen LogP contribution in [0, 0.1) is 6.92 Å². The molecule has 0 unspecified atom stereocenters. The highest BCUT2D eigenvalue weighted by Crippen LogP contribution is 2.15. The number of carbonyl (C=O) groups is 2. The van der Waals surface area contributed by atoms with Crippen molar-refractivity contribution in [1.29, 1.82) is 0 Å². The number of aryl methyl sites for hydroxylation is 1. The van der Waals surface area contributed by atoms with E-state index in [2.05, 4.69) is 15.5 Å². The number of amides is 2. The summed E-state index contributed by atoms with van der Waals surface area (Å²) in [6.07, 6.45) is 1.64. The third-order valence-corrected chi connectivity index (χ3v) is 3.26. The summed E-state index contributed by atoms with van der Waals surface area (Å²) in [6, 6.07) is 1.72. The van der Waals surface area contributed by atoms with Crippen LogP contribution in [0.4, 0.5) is 0 Å². The van der Waals surface area contributed by atoms with Gasteiger partial charge >= 0.3 is 0 Å². The molecule has 2 heterocycles. The van der Waals surface area contributed by atoms with Gasteiger partial charge in [0.15, 0.2) is 0 Å². The van der Waals surface area contributed by atoms with Gasteiger partial charge in [-0.1, -0.05) is 0 Å². The number of piperidine rings is 1.